The fraction of sp³-hybridized carbons (Fsp3) is 0.200. The van der Waals surface area contributed by atoms with E-state index in [4.69, 9.17) is 10.5 Å². The highest BCUT2D eigenvalue weighted by molar-refractivity contribution is 5.85. The summed E-state index contributed by atoms with van der Waals surface area (Å²) >= 11 is 0. The predicted molar refractivity (Wildman–Crippen MR) is 77.4 cm³/mol. The van der Waals surface area contributed by atoms with Gasteiger partial charge in [0.25, 0.3) is 0 Å². The highest BCUT2D eigenvalue weighted by atomic mass is 35.5. The summed E-state index contributed by atoms with van der Waals surface area (Å²) in [6, 6.07) is 13.2. The second-order valence-electron chi connectivity index (χ2n) is 4.36. The van der Waals surface area contributed by atoms with Crippen LogP contribution in [0.25, 0.3) is 0 Å². The summed E-state index contributed by atoms with van der Waals surface area (Å²) in [6.45, 7) is 0.367. The van der Waals surface area contributed by atoms with Gasteiger partial charge in [-0.15, -0.1) is 12.4 Å². The monoisotopic (exact) mass is 317 g/mol. The van der Waals surface area contributed by atoms with Crippen molar-refractivity contribution in [1.82, 2.24) is 0 Å². The molecule has 2 aromatic carbocycles. The lowest BCUT2D eigenvalue weighted by molar-refractivity contribution is -0.149. The van der Waals surface area contributed by atoms with Gasteiger partial charge in [0.05, 0.1) is 0 Å². The van der Waals surface area contributed by atoms with Crippen LogP contribution in [0.4, 0.5) is 13.2 Å². The number of hydrogen-bond donors (Lipinski definition) is 1. The van der Waals surface area contributed by atoms with E-state index >= 15 is 0 Å². The Bertz CT molecular complexity index is 543. The Hall–Kier alpha value is -1.72. The third-order valence-corrected chi connectivity index (χ3v) is 2.84. The molecule has 114 valence electrons. The Balaban J connectivity index is 0.00000220. The van der Waals surface area contributed by atoms with Gasteiger partial charge in [-0.3, -0.25) is 0 Å². The summed E-state index contributed by atoms with van der Waals surface area (Å²) in [5.74, 6) is 0.506. The number of hydrogen-bond acceptors (Lipinski definition) is 2. The van der Waals surface area contributed by atoms with Crippen LogP contribution < -0.4 is 10.5 Å². The first-order valence-electron chi connectivity index (χ1n) is 6.06. The highest BCUT2D eigenvalue weighted by Gasteiger charge is 2.37. The molecule has 0 aliphatic rings. The van der Waals surface area contributed by atoms with E-state index in [2.05, 4.69) is 0 Å². The largest absolute Gasteiger partial charge is 0.489 e. The first kappa shape index (κ1) is 17.3. The van der Waals surface area contributed by atoms with Crippen LogP contribution in [0.15, 0.2) is 54.6 Å². The lowest BCUT2D eigenvalue weighted by Gasteiger charge is -2.16. The van der Waals surface area contributed by atoms with Crippen LogP contribution in [-0.2, 0) is 6.61 Å². The second kappa shape index (κ2) is 7.33. The molecule has 0 heterocycles. The van der Waals surface area contributed by atoms with Crippen LogP contribution in [-0.4, -0.2) is 6.18 Å². The van der Waals surface area contributed by atoms with E-state index in [-0.39, 0.29) is 18.0 Å². The van der Waals surface area contributed by atoms with E-state index in [0.29, 0.717) is 12.4 Å². The zero-order valence-electron chi connectivity index (χ0n) is 11.0. The summed E-state index contributed by atoms with van der Waals surface area (Å²) in [4.78, 5) is 0. The minimum Gasteiger partial charge on any atom is -0.489 e. The van der Waals surface area contributed by atoms with E-state index in [9.17, 15) is 13.2 Å². The first-order chi connectivity index (χ1) is 9.47. The fourth-order valence-corrected chi connectivity index (χ4v) is 1.70. The molecule has 1 atom stereocenters. The lowest BCUT2D eigenvalue weighted by Crippen LogP contribution is -2.28. The van der Waals surface area contributed by atoms with Crippen LogP contribution in [0.5, 0.6) is 5.75 Å². The molecule has 21 heavy (non-hydrogen) atoms. The van der Waals surface area contributed by atoms with Crippen molar-refractivity contribution in [2.24, 2.45) is 5.73 Å². The Morgan fingerprint density at radius 3 is 2.05 bits per heavy atom. The highest BCUT2D eigenvalue weighted by Crippen LogP contribution is 2.31. The number of rotatable bonds is 4. The quantitative estimate of drug-likeness (QED) is 0.915. The van der Waals surface area contributed by atoms with Gasteiger partial charge in [0.15, 0.2) is 0 Å². The zero-order chi connectivity index (χ0) is 14.6. The van der Waals surface area contributed by atoms with E-state index in [1.54, 1.807) is 0 Å². The van der Waals surface area contributed by atoms with Gasteiger partial charge in [0, 0.05) is 0 Å². The van der Waals surface area contributed by atoms with Crippen molar-refractivity contribution in [2.75, 3.05) is 0 Å². The number of halogens is 4. The molecule has 0 bridgehead atoms. The van der Waals surface area contributed by atoms with Crippen molar-refractivity contribution in [3.63, 3.8) is 0 Å². The molecule has 2 N–H and O–H groups in total. The average Bonchev–Trinajstić information content (AvgIpc) is 2.45. The number of alkyl halides is 3. The second-order valence-corrected chi connectivity index (χ2v) is 4.36. The van der Waals surface area contributed by atoms with Crippen LogP contribution >= 0.6 is 12.4 Å². The van der Waals surface area contributed by atoms with Crippen molar-refractivity contribution in [3.8, 4) is 5.75 Å². The molecular weight excluding hydrogens is 303 g/mol. The molecule has 0 saturated carbocycles. The van der Waals surface area contributed by atoms with Crippen LogP contribution in [0.2, 0.25) is 0 Å². The molecule has 0 saturated heterocycles. The molecule has 0 aromatic heterocycles. The molecule has 0 fully saturated rings. The third-order valence-electron chi connectivity index (χ3n) is 2.84. The maximum Gasteiger partial charge on any atom is 0.407 e. The van der Waals surface area contributed by atoms with Crippen molar-refractivity contribution in [1.29, 1.82) is 0 Å². The normalized spacial score (nSPS) is 12.4. The fourth-order valence-electron chi connectivity index (χ4n) is 1.70. The molecule has 6 heteroatoms. The molecular formula is C15H15ClF3NO. The SMILES string of the molecule is Cl.N[C@H](c1ccc(OCc2ccccc2)cc1)C(F)(F)F. The standard InChI is InChI=1S/C15H14F3NO.ClH/c16-15(17,18)14(19)12-6-8-13(9-7-12)20-10-11-4-2-1-3-5-11;/h1-9,14H,10,19H2;1H/t14-;/m1./s1. The molecule has 0 aliphatic heterocycles. The predicted octanol–water partition coefficient (Wildman–Crippen LogP) is 4.25. The smallest absolute Gasteiger partial charge is 0.407 e. The van der Waals surface area contributed by atoms with Crippen molar-refractivity contribution in [3.05, 3.63) is 65.7 Å². The van der Waals surface area contributed by atoms with E-state index in [0.717, 1.165) is 5.56 Å². The van der Waals surface area contributed by atoms with Gasteiger partial charge in [-0.1, -0.05) is 42.5 Å². The molecule has 2 aromatic rings. The van der Waals surface area contributed by atoms with Crippen LogP contribution in [0.1, 0.15) is 17.2 Å². The molecule has 0 amide bonds. The summed E-state index contributed by atoms with van der Waals surface area (Å²) in [5, 5.41) is 0. The Morgan fingerprint density at radius 1 is 0.952 bits per heavy atom. The minimum atomic E-state index is -4.44. The maximum absolute atomic E-state index is 12.4. The zero-order valence-corrected chi connectivity index (χ0v) is 11.8. The number of benzene rings is 2. The molecule has 0 unspecified atom stereocenters. The Labute approximate surface area is 127 Å². The summed E-state index contributed by atoms with van der Waals surface area (Å²) in [6.07, 6.45) is -4.44. The maximum atomic E-state index is 12.4. The van der Waals surface area contributed by atoms with Gasteiger partial charge in [-0.25, -0.2) is 0 Å². The molecule has 0 aliphatic carbocycles. The lowest BCUT2D eigenvalue weighted by atomic mass is 10.1. The van der Waals surface area contributed by atoms with Crippen molar-refractivity contribution in [2.45, 2.75) is 18.8 Å². The first-order valence-corrected chi connectivity index (χ1v) is 6.06. The molecule has 2 nitrogen and oxygen atoms in total. The van der Waals surface area contributed by atoms with E-state index in [1.807, 2.05) is 30.3 Å². The number of ether oxygens (including phenoxy) is 1. The van der Waals surface area contributed by atoms with Crippen LogP contribution in [0.3, 0.4) is 0 Å². The third kappa shape index (κ3) is 4.95. The van der Waals surface area contributed by atoms with Gasteiger partial charge >= 0.3 is 6.18 Å². The van der Waals surface area contributed by atoms with Gasteiger partial charge < -0.3 is 10.5 Å². The van der Waals surface area contributed by atoms with Crippen LogP contribution in [0, 0.1) is 0 Å². The summed E-state index contributed by atoms with van der Waals surface area (Å²) in [7, 11) is 0. The van der Waals surface area contributed by atoms with Gasteiger partial charge in [0.1, 0.15) is 18.4 Å². The van der Waals surface area contributed by atoms with Crippen molar-refractivity contribution >= 4 is 12.4 Å². The summed E-state index contributed by atoms with van der Waals surface area (Å²) < 4.78 is 42.8. The van der Waals surface area contributed by atoms with E-state index in [1.165, 1.54) is 24.3 Å². The van der Waals surface area contributed by atoms with Gasteiger partial charge in [0.2, 0.25) is 0 Å². The minimum absolute atomic E-state index is 0. The number of nitrogens with two attached hydrogens (primary N) is 1. The molecule has 2 rings (SSSR count). The van der Waals surface area contributed by atoms with Gasteiger partial charge in [-0.05, 0) is 23.3 Å². The van der Waals surface area contributed by atoms with E-state index < -0.39 is 12.2 Å². The topological polar surface area (TPSA) is 35.2 Å². The van der Waals surface area contributed by atoms with Gasteiger partial charge in [-0.2, -0.15) is 13.2 Å². The molecule has 0 radical (unpaired) electrons. The van der Waals surface area contributed by atoms with Crippen molar-refractivity contribution < 1.29 is 17.9 Å². The Kier molecular flexibility index (Phi) is 6.05. The summed E-state index contributed by atoms with van der Waals surface area (Å²) in [5.41, 5.74) is 6.13. The Morgan fingerprint density at radius 2 is 1.52 bits per heavy atom. The molecule has 0 spiro atoms. The average molecular weight is 318 g/mol.